The number of rotatable bonds is 9. The van der Waals surface area contributed by atoms with Crippen LogP contribution in [0.1, 0.15) is 51.8 Å². The van der Waals surface area contributed by atoms with Crippen molar-refractivity contribution in [1.29, 1.82) is 0 Å². The van der Waals surface area contributed by atoms with Gasteiger partial charge in [0.15, 0.2) is 0 Å². The highest BCUT2D eigenvalue weighted by Gasteiger charge is 2.35. The van der Waals surface area contributed by atoms with Crippen LogP contribution in [0.2, 0.25) is 0 Å². The van der Waals surface area contributed by atoms with Crippen LogP contribution in [0.4, 0.5) is 19.0 Å². The minimum absolute atomic E-state index is 0.0382. The largest absolute Gasteiger partial charge is 0.478 e. The minimum Gasteiger partial charge on any atom is -0.478 e. The molecule has 1 N–H and O–H groups in total. The second-order valence-electron chi connectivity index (χ2n) is 4.71. The van der Waals surface area contributed by atoms with Crippen molar-refractivity contribution in [2.45, 2.75) is 52.1 Å². The number of ether oxygens (including phenoxy) is 1. The Morgan fingerprint density at radius 2 is 1.81 bits per heavy atom. The molecule has 1 aromatic rings. The van der Waals surface area contributed by atoms with Crippen LogP contribution in [0, 0.1) is 0 Å². The number of nitrogens with zero attached hydrogens (tertiary/aromatic N) is 2. The number of hydrogen-bond donors (Lipinski definition) is 1. The van der Waals surface area contributed by atoms with E-state index in [4.69, 9.17) is 4.74 Å². The van der Waals surface area contributed by atoms with Gasteiger partial charge in [0.05, 0.1) is 6.61 Å². The van der Waals surface area contributed by atoms with Crippen molar-refractivity contribution >= 4 is 5.82 Å². The Labute approximate surface area is 123 Å². The third-order valence-corrected chi connectivity index (χ3v) is 2.81. The fourth-order valence-corrected chi connectivity index (χ4v) is 1.78. The maximum Gasteiger partial charge on any atom is 0.451 e. The Morgan fingerprint density at radius 3 is 2.43 bits per heavy atom. The van der Waals surface area contributed by atoms with Crippen molar-refractivity contribution < 1.29 is 17.9 Å². The van der Waals surface area contributed by atoms with Gasteiger partial charge in [-0.3, -0.25) is 0 Å². The Bertz CT molecular complexity index is 424. The van der Waals surface area contributed by atoms with Crippen LogP contribution < -0.4 is 10.1 Å². The van der Waals surface area contributed by atoms with Crippen LogP contribution in [0.5, 0.6) is 5.88 Å². The van der Waals surface area contributed by atoms with Crippen molar-refractivity contribution in [2.75, 3.05) is 18.5 Å². The van der Waals surface area contributed by atoms with Crippen LogP contribution in [-0.2, 0) is 6.18 Å². The summed E-state index contributed by atoms with van der Waals surface area (Å²) in [6, 6.07) is 1.39. The van der Waals surface area contributed by atoms with E-state index in [-0.39, 0.29) is 11.7 Å². The SMILES string of the molecule is CCCCCCCOc1cc(NCC)nc(C(F)(F)F)n1. The molecule has 0 spiro atoms. The number of halogens is 3. The van der Waals surface area contributed by atoms with Gasteiger partial charge >= 0.3 is 6.18 Å². The molecule has 4 nitrogen and oxygen atoms in total. The van der Waals surface area contributed by atoms with Gasteiger partial charge in [-0.05, 0) is 13.3 Å². The molecule has 0 amide bonds. The van der Waals surface area contributed by atoms with E-state index in [1.165, 1.54) is 6.07 Å². The average Bonchev–Trinajstić information content (AvgIpc) is 2.42. The van der Waals surface area contributed by atoms with Crippen LogP contribution >= 0.6 is 0 Å². The minimum atomic E-state index is -4.58. The normalized spacial score (nSPS) is 11.5. The number of anilines is 1. The van der Waals surface area contributed by atoms with Crippen LogP contribution in [0.25, 0.3) is 0 Å². The van der Waals surface area contributed by atoms with Gasteiger partial charge < -0.3 is 10.1 Å². The lowest BCUT2D eigenvalue weighted by Crippen LogP contribution is -2.14. The molecule has 0 fully saturated rings. The first-order valence-electron chi connectivity index (χ1n) is 7.30. The summed E-state index contributed by atoms with van der Waals surface area (Å²) in [7, 11) is 0. The highest BCUT2D eigenvalue weighted by atomic mass is 19.4. The second-order valence-corrected chi connectivity index (χ2v) is 4.71. The van der Waals surface area contributed by atoms with E-state index in [1.54, 1.807) is 6.92 Å². The summed E-state index contributed by atoms with van der Waals surface area (Å²) in [6.07, 6.45) is 0.655. The van der Waals surface area contributed by atoms with E-state index in [0.29, 0.717) is 13.2 Å². The molecule has 1 heterocycles. The molecule has 0 aromatic carbocycles. The summed E-state index contributed by atoms with van der Waals surface area (Å²) >= 11 is 0. The first kappa shape index (κ1) is 17.5. The maximum atomic E-state index is 12.7. The van der Waals surface area contributed by atoms with Crippen LogP contribution in [0.15, 0.2) is 6.07 Å². The van der Waals surface area contributed by atoms with Gasteiger partial charge in [-0.15, -0.1) is 0 Å². The van der Waals surface area contributed by atoms with E-state index in [0.717, 1.165) is 32.1 Å². The topological polar surface area (TPSA) is 47.0 Å². The van der Waals surface area contributed by atoms with E-state index in [1.807, 2.05) is 0 Å². The van der Waals surface area contributed by atoms with E-state index in [9.17, 15) is 13.2 Å². The van der Waals surface area contributed by atoms with Gasteiger partial charge in [0.25, 0.3) is 0 Å². The smallest absolute Gasteiger partial charge is 0.451 e. The summed E-state index contributed by atoms with van der Waals surface area (Å²) in [4.78, 5) is 6.86. The fraction of sp³-hybridized carbons (Fsp3) is 0.714. The van der Waals surface area contributed by atoms with E-state index < -0.39 is 12.0 Å². The summed E-state index contributed by atoms with van der Waals surface area (Å²) in [6.45, 7) is 4.75. The number of hydrogen-bond acceptors (Lipinski definition) is 4. The molecule has 0 atom stereocenters. The molecule has 120 valence electrons. The molecule has 1 aromatic heterocycles. The molecule has 0 unspecified atom stereocenters. The first-order chi connectivity index (χ1) is 9.97. The van der Waals surface area contributed by atoms with Crippen molar-refractivity contribution in [1.82, 2.24) is 9.97 Å². The standard InChI is InChI=1S/C14H22F3N3O/c1-3-5-6-7-8-9-21-12-10-11(18-4-2)19-13(20-12)14(15,16)17/h10H,3-9H2,1-2H3,(H,18,19,20). The van der Waals surface area contributed by atoms with Gasteiger partial charge in [-0.2, -0.15) is 18.2 Å². The zero-order valence-corrected chi connectivity index (χ0v) is 12.5. The molecular weight excluding hydrogens is 283 g/mol. The number of unbranched alkanes of at least 4 members (excludes halogenated alkanes) is 4. The molecule has 0 radical (unpaired) electrons. The lowest BCUT2D eigenvalue weighted by atomic mass is 10.2. The van der Waals surface area contributed by atoms with Crippen LogP contribution in [0.3, 0.4) is 0 Å². The van der Waals surface area contributed by atoms with Crippen molar-refractivity contribution in [2.24, 2.45) is 0 Å². The third-order valence-electron chi connectivity index (χ3n) is 2.81. The average molecular weight is 305 g/mol. The maximum absolute atomic E-state index is 12.7. The summed E-state index contributed by atoms with van der Waals surface area (Å²) in [5, 5.41) is 2.75. The Balaban J connectivity index is 2.61. The molecular formula is C14H22F3N3O. The van der Waals surface area contributed by atoms with Gasteiger partial charge in [0.1, 0.15) is 5.82 Å². The fourth-order valence-electron chi connectivity index (χ4n) is 1.78. The summed E-state index contributed by atoms with van der Waals surface area (Å²) in [5.41, 5.74) is 0. The van der Waals surface area contributed by atoms with Gasteiger partial charge in [-0.1, -0.05) is 32.6 Å². The first-order valence-corrected chi connectivity index (χ1v) is 7.30. The van der Waals surface area contributed by atoms with Gasteiger partial charge in [0.2, 0.25) is 11.7 Å². The molecule has 0 aliphatic rings. The van der Waals surface area contributed by atoms with Gasteiger partial charge in [0, 0.05) is 12.6 Å². The molecule has 0 saturated carbocycles. The van der Waals surface area contributed by atoms with Gasteiger partial charge in [-0.25, -0.2) is 4.98 Å². The Kier molecular flexibility index (Phi) is 7.25. The highest BCUT2D eigenvalue weighted by Crippen LogP contribution is 2.28. The molecule has 0 aliphatic carbocycles. The molecule has 7 heteroatoms. The monoisotopic (exact) mass is 305 g/mol. The predicted octanol–water partition coefficient (Wildman–Crippen LogP) is 4.28. The number of nitrogens with one attached hydrogen (secondary N) is 1. The second kappa shape index (κ2) is 8.69. The Hall–Kier alpha value is -1.53. The summed E-state index contributed by atoms with van der Waals surface area (Å²) < 4.78 is 43.4. The van der Waals surface area contributed by atoms with Crippen molar-refractivity contribution in [3.8, 4) is 5.88 Å². The molecule has 0 saturated heterocycles. The van der Waals surface area contributed by atoms with Crippen molar-refractivity contribution in [3.63, 3.8) is 0 Å². The van der Waals surface area contributed by atoms with E-state index >= 15 is 0 Å². The lowest BCUT2D eigenvalue weighted by Gasteiger charge is -2.11. The predicted molar refractivity (Wildman–Crippen MR) is 75.5 cm³/mol. The van der Waals surface area contributed by atoms with Crippen molar-refractivity contribution in [3.05, 3.63) is 11.9 Å². The Morgan fingerprint density at radius 1 is 1.10 bits per heavy atom. The highest BCUT2D eigenvalue weighted by molar-refractivity contribution is 5.38. The zero-order valence-electron chi connectivity index (χ0n) is 12.5. The zero-order chi connectivity index (χ0) is 15.7. The molecule has 1 rings (SSSR count). The molecule has 21 heavy (non-hydrogen) atoms. The van der Waals surface area contributed by atoms with Crippen LogP contribution in [-0.4, -0.2) is 23.1 Å². The lowest BCUT2D eigenvalue weighted by molar-refractivity contribution is -0.145. The molecule has 0 aliphatic heterocycles. The number of aromatic nitrogens is 2. The number of alkyl halides is 3. The molecule has 0 bridgehead atoms. The van der Waals surface area contributed by atoms with E-state index in [2.05, 4.69) is 22.2 Å². The third kappa shape index (κ3) is 6.64. The summed E-state index contributed by atoms with van der Waals surface area (Å²) in [5.74, 6) is -1.09. The quantitative estimate of drug-likeness (QED) is 0.692.